The lowest BCUT2D eigenvalue weighted by Crippen LogP contribution is -2.19. The lowest BCUT2D eigenvalue weighted by molar-refractivity contribution is 0.174. The Bertz CT molecular complexity index is 630. The summed E-state index contributed by atoms with van der Waals surface area (Å²) >= 11 is 0. The third kappa shape index (κ3) is 2.88. The van der Waals surface area contributed by atoms with Crippen LogP contribution in [0.2, 0.25) is 0 Å². The number of nitrogens with two attached hydrogens (primary N) is 1. The number of hydrogen-bond donors (Lipinski definition) is 2. The zero-order valence-corrected chi connectivity index (χ0v) is 12.3. The van der Waals surface area contributed by atoms with E-state index in [1.807, 2.05) is 18.2 Å². The van der Waals surface area contributed by atoms with E-state index in [-0.39, 0.29) is 0 Å². The van der Waals surface area contributed by atoms with Crippen LogP contribution >= 0.6 is 0 Å². The highest BCUT2D eigenvalue weighted by atomic mass is 16.6. The van der Waals surface area contributed by atoms with Crippen LogP contribution < -0.4 is 20.5 Å². The van der Waals surface area contributed by atoms with Gasteiger partial charge in [0.2, 0.25) is 0 Å². The highest BCUT2D eigenvalue weighted by molar-refractivity contribution is 5.97. The van der Waals surface area contributed by atoms with Crippen molar-refractivity contribution in [3.05, 3.63) is 24.4 Å². The highest BCUT2D eigenvalue weighted by Gasteiger charge is 2.19. The topological polar surface area (TPSA) is 69.4 Å². The van der Waals surface area contributed by atoms with Crippen LogP contribution in [0, 0.1) is 0 Å². The van der Waals surface area contributed by atoms with Crippen molar-refractivity contribution in [2.75, 3.05) is 25.1 Å². The maximum absolute atomic E-state index is 5.75. The third-order valence-corrected chi connectivity index (χ3v) is 3.64. The van der Waals surface area contributed by atoms with E-state index in [9.17, 15) is 0 Å². The Morgan fingerprint density at radius 1 is 1.38 bits per heavy atom. The summed E-state index contributed by atoms with van der Waals surface area (Å²) in [6.45, 7) is 4.03. The first kappa shape index (κ1) is 13.9. The summed E-state index contributed by atoms with van der Waals surface area (Å²) in [5.74, 6) is 1.58. The van der Waals surface area contributed by atoms with E-state index in [0.717, 1.165) is 40.9 Å². The number of rotatable bonds is 5. The number of nitrogens with zero attached hydrogens (tertiary/aromatic N) is 1. The van der Waals surface area contributed by atoms with Crippen LogP contribution in [0.3, 0.4) is 0 Å². The predicted octanol–water partition coefficient (Wildman–Crippen LogP) is 2.55. The van der Waals surface area contributed by atoms with E-state index in [1.54, 1.807) is 6.20 Å². The molecule has 0 saturated heterocycles. The molecule has 3 rings (SSSR count). The summed E-state index contributed by atoms with van der Waals surface area (Å²) < 4.78 is 11.5. The Balaban J connectivity index is 1.98. The number of fused-ring (bicyclic) bond motifs is 3. The van der Waals surface area contributed by atoms with Crippen molar-refractivity contribution >= 4 is 16.6 Å². The standard InChI is InChI=1S/C16H21N3O2/c1-11(4-2-6-17)19-13-10-14-16(21-9-8-20-14)12-5-3-7-18-15(12)13/h3,5,7,10-11,19H,2,4,6,8-9,17H2,1H3. The van der Waals surface area contributed by atoms with Crippen molar-refractivity contribution < 1.29 is 9.47 Å². The average molecular weight is 287 g/mol. The molecule has 0 bridgehead atoms. The van der Waals surface area contributed by atoms with Gasteiger partial charge in [0.25, 0.3) is 0 Å². The Hall–Kier alpha value is -2.01. The maximum atomic E-state index is 5.75. The van der Waals surface area contributed by atoms with Gasteiger partial charge < -0.3 is 20.5 Å². The van der Waals surface area contributed by atoms with Gasteiger partial charge in [-0.2, -0.15) is 0 Å². The van der Waals surface area contributed by atoms with Gasteiger partial charge in [-0.25, -0.2) is 0 Å². The van der Waals surface area contributed by atoms with E-state index in [0.29, 0.717) is 25.8 Å². The first-order valence-corrected chi connectivity index (χ1v) is 7.43. The largest absolute Gasteiger partial charge is 0.486 e. The normalized spacial score (nSPS) is 15.0. The lowest BCUT2D eigenvalue weighted by atomic mass is 10.1. The maximum Gasteiger partial charge on any atom is 0.170 e. The summed E-state index contributed by atoms with van der Waals surface area (Å²) in [7, 11) is 0. The van der Waals surface area contributed by atoms with E-state index in [4.69, 9.17) is 15.2 Å². The summed E-state index contributed by atoms with van der Waals surface area (Å²) in [6, 6.07) is 6.26. The van der Waals surface area contributed by atoms with Crippen molar-refractivity contribution in [2.24, 2.45) is 5.73 Å². The SMILES string of the molecule is CC(CCCN)Nc1cc2c(c3cccnc13)OCCO2. The van der Waals surface area contributed by atoms with Gasteiger partial charge in [0.15, 0.2) is 11.5 Å². The molecule has 1 aliphatic heterocycles. The Morgan fingerprint density at radius 2 is 2.24 bits per heavy atom. The first-order valence-electron chi connectivity index (χ1n) is 7.43. The Morgan fingerprint density at radius 3 is 3.10 bits per heavy atom. The highest BCUT2D eigenvalue weighted by Crippen LogP contribution is 2.41. The molecule has 0 amide bonds. The molecule has 1 unspecified atom stereocenters. The predicted molar refractivity (Wildman–Crippen MR) is 84.1 cm³/mol. The molecule has 0 spiro atoms. The van der Waals surface area contributed by atoms with Crippen LogP contribution in [0.4, 0.5) is 5.69 Å². The molecule has 0 saturated carbocycles. The molecule has 0 fully saturated rings. The molecule has 1 aromatic heterocycles. The zero-order chi connectivity index (χ0) is 14.7. The Kier molecular flexibility index (Phi) is 4.10. The minimum Gasteiger partial charge on any atom is -0.486 e. The van der Waals surface area contributed by atoms with Crippen LogP contribution in [-0.4, -0.2) is 30.8 Å². The molecule has 0 aliphatic carbocycles. The first-order chi connectivity index (χ1) is 10.3. The van der Waals surface area contributed by atoms with Gasteiger partial charge in [0.1, 0.15) is 13.2 Å². The third-order valence-electron chi connectivity index (χ3n) is 3.64. The molecule has 2 aromatic rings. The van der Waals surface area contributed by atoms with E-state index in [2.05, 4.69) is 17.2 Å². The summed E-state index contributed by atoms with van der Waals surface area (Å²) in [5.41, 5.74) is 7.48. The number of hydrogen-bond acceptors (Lipinski definition) is 5. The van der Waals surface area contributed by atoms with Gasteiger partial charge in [-0.15, -0.1) is 0 Å². The molecule has 2 heterocycles. The summed E-state index contributed by atoms with van der Waals surface area (Å²) in [5, 5.41) is 4.51. The minimum atomic E-state index is 0.335. The summed E-state index contributed by atoms with van der Waals surface area (Å²) in [4.78, 5) is 4.50. The van der Waals surface area contributed by atoms with Crippen LogP contribution in [0.25, 0.3) is 10.9 Å². The number of ether oxygens (including phenoxy) is 2. The molecule has 0 radical (unpaired) electrons. The van der Waals surface area contributed by atoms with Crippen LogP contribution in [-0.2, 0) is 0 Å². The van der Waals surface area contributed by atoms with Gasteiger partial charge in [0.05, 0.1) is 11.2 Å². The molecular formula is C16H21N3O2. The van der Waals surface area contributed by atoms with Crippen molar-refractivity contribution in [3.8, 4) is 11.5 Å². The van der Waals surface area contributed by atoms with Gasteiger partial charge in [-0.3, -0.25) is 4.98 Å². The Labute approximate surface area is 124 Å². The number of aromatic nitrogens is 1. The monoisotopic (exact) mass is 287 g/mol. The minimum absolute atomic E-state index is 0.335. The number of nitrogens with one attached hydrogen (secondary N) is 1. The smallest absolute Gasteiger partial charge is 0.170 e. The van der Waals surface area contributed by atoms with E-state index >= 15 is 0 Å². The van der Waals surface area contributed by atoms with Crippen LogP contribution in [0.5, 0.6) is 11.5 Å². The molecule has 21 heavy (non-hydrogen) atoms. The fourth-order valence-electron chi connectivity index (χ4n) is 2.62. The number of pyridine rings is 1. The molecule has 112 valence electrons. The van der Waals surface area contributed by atoms with E-state index < -0.39 is 0 Å². The van der Waals surface area contributed by atoms with Crippen molar-refractivity contribution in [1.82, 2.24) is 4.98 Å². The zero-order valence-electron chi connectivity index (χ0n) is 12.3. The second-order valence-corrected chi connectivity index (χ2v) is 5.32. The van der Waals surface area contributed by atoms with Gasteiger partial charge >= 0.3 is 0 Å². The van der Waals surface area contributed by atoms with Crippen molar-refractivity contribution in [2.45, 2.75) is 25.8 Å². The van der Waals surface area contributed by atoms with Crippen LogP contribution in [0.15, 0.2) is 24.4 Å². The number of benzene rings is 1. The average Bonchev–Trinajstić information content (AvgIpc) is 2.53. The second-order valence-electron chi connectivity index (χ2n) is 5.32. The molecule has 1 aromatic carbocycles. The quantitative estimate of drug-likeness (QED) is 0.884. The molecule has 5 heteroatoms. The van der Waals surface area contributed by atoms with Gasteiger partial charge in [0, 0.05) is 23.7 Å². The summed E-state index contributed by atoms with van der Waals surface area (Å²) in [6.07, 6.45) is 3.83. The molecule has 1 aliphatic rings. The second kappa shape index (κ2) is 6.18. The molecule has 3 N–H and O–H groups in total. The van der Waals surface area contributed by atoms with Gasteiger partial charge in [-0.05, 0) is 38.4 Å². The lowest BCUT2D eigenvalue weighted by Gasteiger charge is -2.23. The fraction of sp³-hybridized carbons (Fsp3) is 0.438. The van der Waals surface area contributed by atoms with Crippen LogP contribution in [0.1, 0.15) is 19.8 Å². The van der Waals surface area contributed by atoms with Gasteiger partial charge in [-0.1, -0.05) is 0 Å². The van der Waals surface area contributed by atoms with Crippen molar-refractivity contribution in [3.63, 3.8) is 0 Å². The van der Waals surface area contributed by atoms with E-state index in [1.165, 1.54) is 0 Å². The number of anilines is 1. The van der Waals surface area contributed by atoms with Crippen molar-refractivity contribution in [1.29, 1.82) is 0 Å². The molecule has 1 atom stereocenters. The fourth-order valence-corrected chi connectivity index (χ4v) is 2.62. The molecular weight excluding hydrogens is 266 g/mol. The molecule has 5 nitrogen and oxygen atoms in total.